The van der Waals surface area contributed by atoms with E-state index in [1.807, 2.05) is 60.7 Å². The molecule has 0 radical (unpaired) electrons. The van der Waals surface area contributed by atoms with Crippen LogP contribution in [0, 0.1) is 0 Å². The van der Waals surface area contributed by atoms with Gasteiger partial charge in [-0.1, -0.05) is 48.5 Å². The Hall–Kier alpha value is -3.26. The zero-order valence-corrected chi connectivity index (χ0v) is 12.6. The molecule has 6 rings (SSSR count). The first-order valence-corrected chi connectivity index (χ1v) is 7.97. The fourth-order valence-electron chi connectivity index (χ4n) is 4.32. The Morgan fingerprint density at radius 1 is 0.458 bits per heavy atom. The zero-order valence-electron chi connectivity index (χ0n) is 12.6. The van der Waals surface area contributed by atoms with Crippen molar-refractivity contribution in [1.29, 1.82) is 0 Å². The average molecular weight is 306 g/mol. The standard InChI is InChI=1S/C22H10O2/c23-21-13-5-1-3-11-7-9-16-19(17(11)13)20-15(21)10-8-12-4-2-6-14(18(12)20)22(16)24/h1-10H. The first-order valence-electron chi connectivity index (χ1n) is 7.97. The van der Waals surface area contributed by atoms with Crippen molar-refractivity contribution in [1.82, 2.24) is 0 Å². The van der Waals surface area contributed by atoms with Crippen LogP contribution in [0.5, 0.6) is 0 Å². The van der Waals surface area contributed by atoms with Crippen LogP contribution in [0.2, 0.25) is 0 Å². The second kappa shape index (κ2) is 3.80. The Balaban J connectivity index is 2.20. The van der Waals surface area contributed by atoms with Crippen molar-refractivity contribution in [3.8, 4) is 11.1 Å². The van der Waals surface area contributed by atoms with Gasteiger partial charge in [0.1, 0.15) is 0 Å². The van der Waals surface area contributed by atoms with Gasteiger partial charge in [-0.05, 0) is 22.9 Å². The molecular weight excluding hydrogens is 296 g/mol. The minimum atomic E-state index is 0.0475. The molecular formula is C22H10O2. The van der Waals surface area contributed by atoms with Crippen molar-refractivity contribution >= 4 is 43.1 Å². The number of hydrogen-bond donors (Lipinski definition) is 0. The number of benzene rings is 6. The van der Waals surface area contributed by atoms with E-state index < -0.39 is 0 Å². The Morgan fingerprint density at radius 2 is 0.917 bits per heavy atom. The molecule has 110 valence electrons. The number of hydrogen-bond acceptors (Lipinski definition) is 2. The molecule has 0 bridgehead atoms. The van der Waals surface area contributed by atoms with Crippen LogP contribution in [0.15, 0.2) is 70.3 Å². The SMILES string of the molecule is O=c1c2ccc3cccc4c(=O)c5ccc6cccc1c6c5-c2c34. The summed E-state index contributed by atoms with van der Waals surface area (Å²) in [5.74, 6) is 0. The first kappa shape index (κ1) is 12.2. The van der Waals surface area contributed by atoms with Crippen LogP contribution in [0.4, 0.5) is 0 Å². The molecule has 0 unspecified atom stereocenters. The lowest BCUT2D eigenvalue weighted by atomic mass is 9.81. The highest BCUT2D eigenvalue weighted by atomic mass is 16.1. The quantitative estimate of drug-likeness (QED) is 0.307. The van der Waals surface area contributed by atoms with Crippen molar-refractivity contribution < 1.29 is 0 Å². The summed E-state index contributed by atoms with van der Waals surface area (Å²) in [4.78, 5) is 26.1. The minimum absolute atomic E-state index is 0.0475. The summed E-state index contributed by atoms with van der Waals surface area (Å²) in [5.41, 5.74) is 1.97. The smallest absolute Gasteiger partial charge is 0.194 e. The maximum atomic E-state index is 13.1. The molecule has 0 amide bonds. The van der Waals surface area contributed by atoms with E-state index in [9.17, 15) is 9.59 Å². The Labute approximate surface area is 135 Å². The van der Waals surface area contributed by atoms with E-state index in [0.29, 0.717) is 21.5 Å². The van der Waals surface area contributed by atoms with E-state index in [2.05, 4.69) is 0 Å². The molecule has 0 saturated heterocycles. The van der Waals surface area contributed by atoms with Crippen LogP contribution in [0.3, 0.4) is 0 Å². The van der Waals surface area contributed by atoms with Crippen molar-refractivity contribution in [3.05, 3.63) is 81.1 Å². The molecule has 0 spiro atoms. The van der Waals surface area contributed by atoms with Gasteiger partial charge in [0.25, 0.3) is 0 Å². The number of rotatable bonds is 0. The maximum Gasteiger partial charge on any atom is 0.194 e. The van der Waals surface area contributed by atoms with Crippen LogP contribution in [0.1, 0.15) is 0 Å². The van der Waals surface area contributed by atoms with Gasteiger partial charge in [-0.25, -0.2) is 0 Å². The van der Waals surface area contributed by atoms with E-state index in [-0.39, 0.29) is 10.9 Å². The molecule has 0 aliphatic heterocycles. The lowest BCUT2D eigenvalue weighted by molar-refractivity contribution is 1.65. The summed E-state index contributed by atoms with van der Waals surface area (Å²) in [5, 5.41) is 6.66. The molecule has 0 N–H and O–H groups in total. The van der Waals surface area contributed by atoms with Crippen LogP contribution < -0.4 is 10.9 Å². The highest BCUT2D eigenvalue weighted by molar-refractivity contribution is 6.28. The Kier molecular flexibility index (Phi) is 1.93. The van der Waals surface area contributed by atoms with Crippen molar-refractivity contribution in [3.63, 3.8) is 0 Å². The second-order valence-corrected chi connectivity index (χ2v) is 6.44. The molecule has 0 fully saturated rings. The van der Waals surface area contributed by atoms with Crippen molar-refractivity contribution in [2.24, 2.45) is 0 Å². The molecule has 0 saturated carbocycles. The predicted octanol–water partition coefficient (Wildman–Crippen LogP) is 4.44. The molecule has 0 heterocycles. The molecule has 4 aromatic rings. The van der Waals surface area contributed by atoms with Gasteiger partial charge in [0, 0.05) is 43.4 Å². The van der Waals surface area contributed by atoms with E-state index in [0.717, 1.165) is 32.7 Å². The van der Waals surface area contributed by atoms with E-state index in [1.54, 1.807) is 0 Å². The van der Waals surface area contributed by atoms with E-state index in [4.69, 9.17) is 0 Å². The van der Waals surface area contributed by atoms with Crippen molar-refractivity contribution in [2.45, 2.75) is 0 Å². The summed E-state index contributed by atoms with van der Waals surface area (Å²) >= 11 is 0. The van der Waals surface area contributed by atoms with Crippen LogP contribution in [-0.4, -0.2) is 0 Å². The minimum Gasteiger partial charge on any atom is -0.289 e. The fourth-order valence-corrected chi connectivity index (χ4v) is 4.32. The van der Waals surface area contributed by atoms with Gasteiger partial charge in [-0.3, -0.25) is 9.59 Å². The predicted molar refractivity (Wildman–Crippen MR) is 99.2 cm³/mol. The summed E-state index contributed by atoms with van der Waals surface area (Å²) in [6, 6.07) is 19.2. The Morgan fingerprint density at radius 3 is 1.38 bits per heavy atom. The summed E-state index contributed by atoms with van der Waals surface area (Å²) in [6.45, 7) is 0. The molecule has 0 aromatic heterocycles. The second-order valence-electron chi connectivity index (χ2n) is 6.44. The summed E-state index contributed by atoms with van der Waals surface area (Å²) < 4.78 is 0. The van der Waals surface area contributed by atoms with Crippen LogP contribution in [0.25, 0.3) is 54.2 Å². The molecule has 2 aliphatic carbocycles. The van der Waals surface area contributed by atoms with E-state index >= 15 is 0 Å². The largest absolute Gasteiger partial charge is 0.289 e. The van der Waals surface area contributed by atoms with Crippen LogP contribution in [-0.2, 0) is 0 Å². The summed E-state index contributed by atoms with van der Waals surface area (Å²) in [6.07, 6.45) is 0. The van der Waals surface area contributed by atoms with Gasteiger partial charge in [-0.2, -0.15) is 0 Å². The van der Waals surface area contributed by atoms with E-state index in [1.165, 1.54) is 0 Å². The summed E-state index contributed by atoms with van der Waals surface area (Å²) in [7, 11) is 0. The molecule has 24 heavy (non-hydrogen) atoms. The third-order valence-electron chi connectivity index (χ3n) is 5.32. The normalized spacial score (nSPS) is 12.5. The molecule has 0 atom stereocenters. The maximum absolute atomic E-state index is 13.1. The van der Waals surface area contributed by atoms with Crippen molar-refractivity contribution in [2.75, 3.05) is 0 Å². The van der Waals surface area contributed by atoms with Gasteiger partial charge < -0.3 is 0 Å². The van der Waals surface area contributed by atoms with Gasteiger partial charge in [0.2, 0.25) is 0 Å². The lowest BCUT2D eigenvalue weighted by Gasteiger charge is -2.20. The van der Waals surface area contributed by atoms with Gasteiger partial charge in [0.15, 0.2) is 10.9 Å². The van der Waals surface area contributed by atoms with Gasteiger partial charge in [-0.15, -0.1) is 0 Å². The topological polar surface area (TPSA) is 34.1 Å². The molecule has 2 heteroatoms. The molecule has 2 nitrogen and oxygen atoms in total. The van der Waals surface area contributed by atoms with Gasteiger partial charge >= 0.3 is 0 Å². The monoisotopic (exact) mass is 306 g/mol. The third-order valence-corrected chi connectivity index (χ3v) is 5.32. The third kappa shape index (κ3) is 1.18. The molecule has 2 aliphatic rings. The lowest BCUT2D eigenvalue weighted by Crippen LogP contribution is -2.12. The van der Waals surface area contributed by atoms with Crippen LogP contribution >= 0.6 is 0 Å². The first-order chi connectivity index (χ1) is 11.8. The highest BCUT2D eigenvalue weighted by Gasteiger charge is 2.24. The average Bonchev–Trinajstić information content (AvgIpc) is 2.63. The zero-order chi connectivity index (χ0) is 16.0. The highest BCUT2D eigenvalue weighted by Crippen LogP contribution is 2.44. The molecule has 4 aromatic carbocycles. The Bertz CT molecular complexity index is 1360. The fraction of sp³-hybridized carbons (Fsp3) is 0. The van der Waals surface area contributed by atoms with Gasteiger partial charge in [0.05, 0.1) is 0 Å².